The van der Waals surface area contributed by atoms with Crippen LogP contribution in [0.15, 0.2) is 29.5 Å². The Hall–Kier alpha value is -1.25. The van der Waals surface area contributed by atoms with Crippen LogP contribution in [0.1, 0.15) is 0 Å². The Morgan fingerprint density at radius 1 is 1.50 bits per heavy atom. The van der Waals surface area contributed by atoms with Crippen LogP contribution in [0.4, 0.5) is 0 Å². The summed E-state index contributed by atoms with van der Waals surface area (Å²) in [5.74, 6) is 1.03. The summed E-state index contributed by atoms with van der Waals surface area (Å²) in [6.45, 7) is 0.871. The number of hydrogen-bond donors (Lipinski definition) is 0. The summed E-state index contributed by atoms with van der Waals surface area (Å²) >= 11 is 0. The van der Waals surface area contributed by atoms with Gasteiger partial charge < -0.3 is 4.90 Å². The average Bonchev–Trinajstić information content (AvgIpc) is 2.27. The molecule has 0 bridgehead atoms. The lowest BCUT2D eigenvalue weighted by molar-refractivity contribution is 0.317. The molecule has 10 heavy (non-hydrogen) atoms. The Balaban J connectivity index is 2.29. The molecule has 0 aromatic heterocycles. The van der Waals surface area contributed by atoms with Gasteiger partial charge in [-0.15, -0.1) is 0 Å². The van der Waals surface area contributed by atoms with Gasteiger partial charge in [-0.25, -0.2) is 0 Å². The molecule has 2 aliphatic rings. The van der Waals surface area contributed by atoms with Crippen LogP contribution in [-0.2, 0) is 0 Å². The smallest absolute Gasteiger partial charge is 0.154 e. The van der Waals surface area contributed by atoms with Crippen molar-refractivity contribution in [2.45, 2.75) is 0 Å². The Morgan fingerprint density at radius 3 is 3.20 bits per heavy atom. The van der Waals surface area contributed by atoms with E-state index in [9.17, 15) is 0 Å². The monoisotopic (exact) mass is 135 g/mol. The van der Waals surface area contributed by atoms with Crippen LogP contribution >= 0.6 is 0 Å². The fraction of sp³-hybridized carbons (Fsp3) is 0.286. The van der Waals surface area contributed by atoms with Crippen molar-refractivity contribution in [1.29, 1.82) is 0 Å². The van der Waals surface area contributed by atoms with E-state index in [-0.39, 0.29) is 0 Å². The van der Waals surface area contributed by atoms with Crippen LogP contribution in [0.25, 0.3) is 0 Å². The predicted octanol–water partition coefficient (Wildman–Crippen LogP) is 0.588. The molecule has 0 radical (unpaired) electrons. The molecule has 0 aromatic rings. The Morgan fingerprint density at radius 2 is 2.40 bits per heavy atom. The van der Waals surface area contributed by atoms with E-state index >= 15 is 0 Å². The summed E-state index contributed by atoms with van der Waals surface area (Å²) in [6.07, 6.45) is 8.04. The number of nitrogens with zero attached hydrogens (tertiary/aromatic N) is 3. The molecule has 0 aromatic carbocycles. The number of amidine groups is 1. The number of allylic oxidation sites excluding steroid dienone is 2. The van der Waals surface area contributed by atoms with Crippen LogP contribution in [-0.4, -0.2) is 29.5 Å². The third kappa shape index (κ3) is 0.708. The summed E-state index contributed by atoms with van der Waals surface area (Å²) in [4.78, 5) is 2.10. The molecule has 2 heterocycles. The SMILES string of the molecule is CN1CN2C=CC=CC2=N1. The zero-order chi connectivity index (χ0) is 6.97. The van der Waals surface area contributed by atoms with Gasteiger partial charge >= 0.3 is 0 Å². The van der Waals surface area contributed by atoms with Gasteiger partial charge in [0.05, 0.1) is 0 Å². The quantitative estimate of drug-likeness (QED) is 0.484. The molecule has 2 aliphatic heterocycles. The zero-order valence-electron chi connectivity index (χ0n) is 5.86. The normalized spacial score (nSPS) is 21.5. The number of rotatable bonds is 0. The van der Waals surface area contributed by atoms with E-state index in [0.717, 1.165) is 12.5 Å². The maximum atomic E-state index is 4.25. The van der Waals surface area contributed by atoms with Crippen molar-refractivity contribution in [2.24, 2.45) is 5.10 Å². The highest BCUT2D eigenvalue weighted by Crippen LogP contribution is 2.10. The molecule has 0 saturated carbocycles. The lowest BCUT2D eigenvalue weighted by Gasteiger charge is -2.14. The van der Waals surface area contributed by atoms with E-state index in [4.69, 9.17) is 0 Å². The fourth-order valence-electron chi connectivity index (χ4n) is 1.10. The van der Waals surface area contributed by atoms with Crippen molar-refractivity contribution in [1.82, 2.24) is 9.91 Å². The van der Waals surface area contributed by atoms with Crippen molar-refractivity contribution < 1.29 is 0 Å². The van der Waals surface area contributed by atoms with E-state index in [1.807, 2.05) is 36.5 Å². The van der Waals surface area contributed by atoms with Crippen molar-refractivity contribution in [3.05, 3.63) is 24.4 Å². The molecule has 0 fully saturated rings. The minimum absolute atomic E-state index is 0.871. The van der Waals surface area contributed by atoms with Gasteiger partial charge in [-0.3, -0.25) is 5.01 Å². The molecule has 0 unspecified atom stereocenters. The molecule has 2 rings (SSSR count). The van der Waals surface area contributed by atoms with Crippen molar-refractivity contribution in [2.75, 3.05) is 13.7 Å². The minimum atomic E-state index is 0.871. The molecule has 0 saturated heterocycles. The van der Waals surface area contributed by atoms with E-state index in [0.29, 0.717) is 0 Å². The highest BCUT2D eigenvalue weighted by Gasteiger charge is 2.16. The highest BCUT2D eigenvalue weighted by molar-refractivity contribution is 5.95. The van der Waals surface area contributed by atoms with Crippen molar-refractivity contribution in [3.8, 4) is 0 Å². The number of fused-ring (bicyclic) bond motifs is 1. The Labute approximate surface area is 59.9 Å². The summed E-state index contributed by atoms with van der Waals surface area (Å²) in [6, 6.07) is 0. The van der Waals surface area contributed by atoms with Crippen LogP contribution in [0.2, 0.25) is 0 Å². The lowest BCUT2D eigenvalue weighted by atomic mass is 10.3. The van der Waals surface area contributed by atoms with Crippen molar-refractivity contribution >= 4 is 5.84 Å². The summed E-state index contributed by atoms with van der Waals surface area (Å²) < 4.78 is 0. The van der Waals surface area contributed by atoms with Gasteiger partial charge in [-0.1, -0.05) is 6.08 Å². The van der Waals surface area contributed by atoms with Gasteiger partial charge in [0.1, 0.15) is 6.67 Å². The second kappa shape index (κ2) is 1.87. The highest BCUT2D eigenvalue weighted by atomic mass is 15.6. The van der Waals surface area contributed by atoms with E-state index < -0.39 is 0 Å². The van der Waals surface area contributed by atoms with Crippen LogP contribution in [0, 0.1) is 0 Å². The molecule has 0 amide bonds. The van der Waals surface area contributed by atoms with Gasteiger partial charge in [0.15, 0.2) is 5.84 Å². The van der Waals surface area contributed by atoms with Crippen LogP contribution < -0.4 is 0 Å². The second-order valence-corrected chi connectivity index (χ2v) is 2.43. The first kappa shape index (κ1) is 5.53. The number of hydrogen-bond acceptors (Lipinski definition) is 3. The van der Waals surface area contributed by atoms with E-state index in [1.165, 1.54) is 0 Å². The fourth-order valence-corrected chi connectivity index (χ4v) is 1.10. The van der Waals surface area contributed by atoms with Crippen LogP contribution in [0.5, 0.6) is 0 Å². The van der Waals surface area contributed by atoms with Gasteiger partial charge in [0.2, 0.25) is 0 Å². The molecular weight excluding hydrogens is 126 g/mol. The topological polar surface area (TPSA) is 18.8 Å². The maximum Gasteiger partial charge on any atom is 0.154 e. The first-order valence-electron chi connectivity index (χ1n) is 3.27. The molecule has 3 heteroatoms. The summed E-state index contributed by atoms with van der Waals surface area (Å²) in [5, 5.41) is 6.16. The first-order chi connectivity index (χ1) is 4.86. The van der Waals surface area contributed by atoms with Crippen molar-refractivity contribution in [3.63, 3.8) is 0 Å². The van der Waals surface area contributed by atoms with Gasteiger partial charge in [0, 0.05) is 13.2 Å². The third-order valence-corrected chi connectivity index (χ3v) is 1.55. The predicted molar refractivity (Wildman–Crippen MR) is 40.2 cm³/mol. The summed E-state index contributed by atoms with van der Waals surface area (Å²) in [7, 11) is 1.97. The first-order valence-corrected chi connectivity index (χ1v) is 3.27. The molecule has 0 N–H and O–H groups in total. The van der Waals surface area contributed by atoms with Gasteiger partial charge in [-0.05, 0) is 12.2 Å². The Kier molecular flexibility index (Phi) is 1.03. The molecule has 0 aliphatic carbocycles. The van der Waals surface area contributed by atoms with Gasteiger partial charge in [-0.2, -0.15) is 5.10 Å². The zero-order valence-corrected chi connectivity index (χ0v) is 5.86. The minimum Gasteiger partial charge on any atom is -0.312 e. The van der Waals surface area contributed by atoms with Gasteiger partial charge in [0.25, 0.3) is 0 Å². The van der Waals surface area contributed by atoms with E-state index in [1.54, 1.807) is 0 Å². The molecular formula is C7H9N3. The number of hydrazone groups is 1. The molecule has 3 nitrogen and oxygen atoms in total. The molecule has 0 spiro atoms. The average molecular weight is 135 g/mol. The molecule has 0 atom stereocenters. The second-order valence-electron chi connectivity index (χ2n) is 2.43. The summed E-state index contributed by atoms with van der Waals surface area (Å²) in [5.41, 5.74) is 0. The lowest BCUT2D eigenvalue weighted by Crippen LogP contribution is -2.24. The maximum absolute atomic E-state index is 4.25. The third-order valence-electron chi connectivity index (χ3n) is 1.55. The molecule has 52 valence electrons. The van der Waals surface area contributed by atoms with Crippen LogP contribution in [0.3, 0.4) is 0 Å². The van der Waals surface area contributed by atoms with E-state index in [2.05, 4.69) is 10.0 Å². The largest absolute Gasteiger partial charge is 0.312 e. The Bertz CT molecular complexity index is 227. The standard InChI is InChI=1S/C7H9N3/c1-9-6-10-5-3-2-4-7(10)8-9/h2-5H,6H2,1H3.